The predicted molar refractivity (Wildman–Crippen MR) is 104 cm³/mol. The average Bonchev–Trinajstić information content (AvgIpc) is 2.69. The van der Waals surface area contributed by atoms with Crippen molar-refractivity contribution in [2.24, 2.45) is 5.92 Å². The molecule has 0 aliphatic carbocycles. The monoisotopic (exact) mass is 365 g/mol. The molecule has 140 valence electrons. The van der Waals surface area contributed by atoms with Crippen LogP contribution in [-0.4, -0.2) is 30.4 Å². The summed E-state index contributed by atoms with van der Waals surface area (Å²) < 4.78 is 13.0. The Balaban J connectivity index is 1.39. The molecular weight excluding hydrogens is 341 g/mol. The molecule has 1 heterocycles. The fourth-order valence-electron chi connectivity index (χ4n) is 3.53. The molecule has 0 atom stereocenters. The van der Waals surface area contributed by atoms with Gasteiger partial charge in [0.25, 0.3) is 0 Å². The van der Waals surface area contributed by atoms with Crippen LogP contribution in [0.4, 0.5) is 10.1 Å². The number of nitriles is 1. The van der Waals surface area contributed by atoms with Gasteiger partial charge in [-0.15, -0.1) is 0 Å². The van der Waals surface area contributed by atoms with Crippen molar-refractivity contribution in [3.8, 4) is 6.07 Å². The number of benzene rings is 2. The van der Waals surface area contributed by atoms with E-state index >= 15 is 0 Å². The molecule has 4 nitrogen and oxygen atoms in total. The molecule has 1 N–H and O–H groups in total. The molecule has 1 aliphatic rings. The number of anilines is 1. The number of hydrogen-bond acceptors (Lipinski definition) is 3. The number of likely N-dealkylation sites (tertiary alicyclic amines) is 1. The second kappa shape index (κ2) is 9.29. The Morgan fingerprint density at radius 3 is 2.56 bits per heavy atom. The maximum atomic E-state index is 13.0. The van der Waals surface area contributed by atoms with Gasteiger partial charge in [-0.1, -0.05) is 24.3 Å². The van der Waals surface area contributed by atoms with Gasteiger partial charge in [-0.05, 0) is 68.1 Å². The van der Waals surface area contributed by atoms with Crippen LogP contribution >= 0.6 is 0 Å². The molecule has 2 aromatic rings. The third-order valence-electron chi connectivity index (χ3n) is 5.12. The predicted octanol–water partition coefficient (Wildman–Crippen LogP) is 3.98. The van der Waals surface area contributed by atoms with E-state index in [4.69, 9.17) is 5.26 Å². The summed E-state index contributed by atoms with van der Waals surface area (Å²) in [5.74, 6) is 0.360. The zero-order chi connectivity index (χ0) is 19.1. The van der Waals surface area contributed by atoms with Gasteiger partial charge >= 0.3 is 0 Å². The Kier molecular flexibility index (Phi) is 6.56. The molecule has 1 fully saturated rings. The largest absolute Gasteiger partial charge is 0.325 e. The van der Waals surface area contributed by atoms with Crippen molar-refractivity contribution in [1.82, 2.24) is 4.90 Å². The van der Waals surface area contributed by atoms with Gasteiger partial charge in [0.2, 0.25) is 5.91 Å². The maximum Gasteiger partial charge on any atom is 0.225 e. The Morgan fingerprint density at radius 1 is 1.15 bits per heavy atom. The quantitative estimate of drug-likeness (QED) is 0.842. The van der Waals surface area contributed by atoms with E-state index in [9.17, 15) is 9.18 Å². The van der Waals surface area contributed by atoms with Crippen LogP contribution in [0.3, 0.4) is 0 Å². The molecule has 0 spiro atoms. The lowest BCUT2D eigenvalue weighted by atomic mass is 9.90. The van der Waals surface area contributed by atoms with E-state index in [1.54, 1.807) is 18.2 Å². The topological polar surface area (TPSA) is 56.1 Å². The number of carbonyl (C=O) groups is 1. The molecule has 1 saturated heterocycles. The van der Waals surface area contributed by atoms with Crippen molar-refractivity contribution in [1.29, 1.82) is 5.26 Å². The van der Waals surface area contributed by atoms with Gasteiger partial charge in [-0.2, -0.15) is 5.26 Å². The Bertz CT molecular complexity index is 805. The van der Waals surface area contributed by atoms with Gasteiger partial charge < -0.3 is 10.2 Å². The smallest absolute Gasteiger partial charge is 0.225 e. The molecule has 0 radical (unpaired) electrons. The first-order valence-corrected chi connectivity index (χ1v) is 9.40. The molecule has 3 rings (SSSR count). The van der Waals surface area contributed by atoms with Gasteiger partial charge in [0.1, 0.15) is 11.9 Å². The van der Waals surface area contributed by atoms with Gasteiger partial charge in [-0.25, -0.2) is 4.39 Å². The number of hydrogen-bond donors (Lipinski definition) is 1. The Labute approximate surface area is 159 Å². The second-order valence-corrected chi connectivity index (χ2v) is 7.07. The number of nitrogens with zero attached hydrogens (tertiary/aromatic N) is 2. The molecule has 0 unspecified atom stereocenters. The summed E-state index contributed by atoms with van der Waals surface area (Å²) in [5.41, 5.74) is 2.24. The molecule has 27 heavy (non-hydrogen) atoms. The molecule has 5 heteroatoms. The van der Waals surface area contributed by atoms with Crippen molar-refractivity contribution in [2.45, 2.75) is 25.7 Å². The highest BCUT2D eigenvalue weighted by Crippen LogP contribution is 2.22. The number of amides is 1. The number of rotatable bonds is 6. The van der Waals surface area contributed by atoms with Gasteiger partial charge in [-0.3, -0.25) is 4.79 Å². The first-order valence-electron chi connectivity index (χ1n) is 9.40. The molecule has 0 bridgehead atoms. The highest BCUT2D eigenvalue weighted by Gasteiger charge is 2.20. The lowest BCUT2D eigenvalue weighted by Crippen LogP contribution is -2.36. The van der Waals surface area contributed by atoms with E-state index in [0.717, 1.165) is 38.9 Å². The van der Waals surface area contributed by atoms with Crippen LogP contribution in [-0.2, 0) is 11.2 Å². The van der Waals surface area contributed by atoms with Crippen molar-refractivity contribution in [3.05, 3.63) is 65.5 Å². The minimum atomic E-state index is -0.191. The molecule has 0 aromatic heterocycles. The third kappa shape index (κ3) is 5.63. The second-order valence-electron chi connectivity index (χ2n) is 7.07. The van der Waals surface area contributed by atoms with Gasteiger partial charge in [0.15, 0.2) is 0 Å². The Hall–Kier alpha value is -2.71. The minimum absolute atomic E-state index is 0.0638. The minimum Gasteiger partial charge on any atom is -0.325 e. The van der Waals surface area contributed by atoms with Crippen molar-refractivity contribution in [2.75, 3.05) is 25.0 Å². The number of piperidine rings is 1. The van der Waals surface area contributed by atoms with E-state index in [1.807, 2.05) is 18.2 Å². The zero-order valence-electron chi connectivity index (χ0n) is 15.3. The van der Waals surface area contributed by atoms with E-state index in [0.29, 0.717) is 23.6 Å². The summed E-state index contributed by atoms with van der Waals surface area (Å²) in [4.78, 5) is 14.5. The molecule has 1 aliphatic heterocycles. The van der Waals surface area contributed by atoms with E-state index in [1.165, 1.54) is 17.7 Å². The van der Waals surface area contributed by atoms with Crippen molar-refractivity contribution >= 4 is 11.6 Å². The average molecular weight is 365 g/mol. The molecule has 1 amide bonds. The lowest BCUT2D eigenvalue weighted by molar-refractivity contribution is -0.116. The van der Waals surface area contributed by atoms with Crippen LogP contribution < -0.4 is 5.32 Å². The van der Waals surface area contributed by atoms with E-state index in [-0.39, 0.29) is 11.7 Å². The van der Waals surface area contributed by atoms with Crippen molar-refractivity contribution < 1.29 is 9.18 Å². The van der Waals surface area contributed by atoms with Crippen LogP contribution in [0.15, 0.2) is 48.5 Å². The summed E-state index contributed by atoms with van der Waals surface area (Å²) in [6.45, 7) is 2.69. The SMILES string of the molecule is N#Cc1ccccc1NC(=O)CCN1CCC(Cc2ccc(F)cc2)CC1. The van der Waals surface area contributed by atoms with Gasteiger partial charge in [0.05, 0.1) is 11.3 Å². The first-order chi connectivity index (χ1) is 13.1. The zero-order valence-corrected chi connectivity index (χ0v) is 15.3. The standard InChI is InChI=1S/C22H24FN3O/c23-20-7-5-17(6-8-20)15-18-9-12-26(13-10-18)14-11-22(27)25-21-4-2-1-3-19(21)16-24/h1-8,18H,9-15H2,(H,25,27). The van der Waals surface area contributed by atoms with Crippen LogP contribution in [0.25, 0.3) is 0 Å². The number of carbonyl (C=O) groups excluding carboxylic acids is 1. The van der Waals surface area contributed by atoms with Crippen LogP contribution in [0, 0.1) is 23.1 Å². The lowest BCUT2D eigenvalue weighted by Gasteiger charge is -2.31. The molecular formula is C22H24FN3O. The summed E-state index contributed by atoms with van der Waals surface area (Å²) in [6.07, 6.45) is 3.59. The fraction of sp³-hybridized carbons (Fsp3) is 0.364. The van der Waals surface area contributed by atoms with E-state index < -0.39 is 0 Å². The highest BCUT2D eigenvalue weighted by atomic mass is 19.1. The Morgan fingerprint density at radius 2 is 1.85 bits per heavy atom. The summed E-state index contributed by atoms with van der Waals surface area (Å²) in [7, 11) is 0. The summed E-state index contributed by atoms with van der Waals surface area (Å²) in [5, 5.41) is 11.9. The van der Waals surface area contributed by atoms with Gasteiger partial charge in [0, 0.05) is 13.0 Å². The molecule has 2 aromatic carbocycles. The van der Waals surface area contributed by atoms with Crippen molar-refractivity contribution in [3.63, 3.8) is 0 Å². The summed E-state index contributed by atoms with van der Waals surface area (Å²) >= 11 is 0. The number of nitrogens with one attached hydrogen (secondary N) is 1. The first kappa shape index (κ1) is 19.1. The van der Waals surface area contributed by atoms with Crippen LogP contribution in [0.2, 0.25) is 0 Å². The number of halogens is 1. The fourth-order valence-corrected chi connectivity index (χ4v) is 3.53. The summed E-state index contributed by atoms with van der Waals surface area (Å²) in [6, 6.07) is 15.9. The highest BCUT2D eigenvalue weighted by molar-refractivity contribution is 5.92. The normalized spacial score (nSPS) is 15.3. The van der Waals surface area contributed by atoms with Crippen LogP contribution in [0.1, 0.15) is 30.4 Å². The van der Waals surface area contributed by atoms with Crippen LogP contribution in [0.5, 0.6) is 0 Å². The molecule has 0 saturated carbocycles. The maximum absolute atomic E-state index is 13.0. The third-order valence-corrected chi connectivity index (χ3v) is 5.12. The number of para-hydroxylation sites is 1. The van der Waals surface area contributed by atoms with E-state index in [2.05, 4.69) is 16.3 Å².